The summed E-state index contributed by atoms with van der Waals surface area (Å²) in [6.07, 6.45) is 5.81. The fraction of sp³-hybridized carbons (Fsp3) is 0.625. The number of likely N-dealkylation sites (tertiary alicyclic amines) is 1. The molecule has 1 fully saturated rings. The highest BCUT2D eigenvalue weighted by atomic mass is 16.2. The Morgan fingerprint density at radius 3 is 2.83 bits per heavy atom. The highest BCUT2D eigenvalue weighted by molar-refractivity contribution is 5.86. The van der Waals surface area contributed by atoms with E-state index >= 15 is 0 Å². The second-order valence-electron chi connectivity index (χ2n) is 6.27. The third-order valence-corrected chi connectivity index (χ3v) is 4.68. The first-order chi connectivity index (χ1) is 11.1. The lowest BCUT2D eigenvalue weighted by molar-refractivity contribution is -0.121. The fourth-order valence-electron chi connectivity index (χ4n) is 3.49. The molecule has 0 spiro atoms. The third-order valence-electron chi connectivity index (χ3n) is 4.68. The number of aromatic nitrogens is 2. The van der Waals surface area contributed by atoms with E-state index < -0.39 is 11.9 Å². The zero-order valence-electron chi connectivity index (χ0n) is 13.5. The van der Waals surface area contributed by atoms with Gasteiger partial charge in [-0.25, -0.2) is 14.8 Å². The quantitative estimate of drug-likeness (QED) is 0.862. The van der Waals surface area contributed by atoms with Crippen molar-refractivity contribution in [2.24, 2.45) is 5.73 Å². The maximum Gasteiger partial charge on any atom is 0.318 e. The molecule has 1 unspecified atom stereocenters. The molecule has 0 aromatic carbocycles. The minimum absolute atomic E-state index is 0.273. The van der Waals surface area contributed by atoms with Crippen LogP contribution < -0.4 is 11.1 Å². The smallest absolute Gasteiger partial charge is 0.318 e. The summed E-state index contributed by atoms with van der Waals surface area (Å²) in [4.78, 5) is 34.2. The van der Waals surface area contributed by atoms with Crippen molar-refractivity contribution in [3.8, 4) is 0 Å². The number of nitrogens with one attached hydrogen (secondary N) is 1. The van der Waals surface area contributed by atoms with Crippen LogP contribution >= 0.6 is 0 Å². The summed E-state index contributed by atoms with van der Waals surface area (Å²) in [5, 5.41) is 2.81. The molecule has 124 valence electrons. The summed E-state index contributed by atoms with van der Waals surface area (Å²) in [5.74, 6) is 0.185. The lowest BCUT2D eigenvalue weighted by atomic mass is 9.95. The molecule has 7 nitrogen and oxygen atoms in total. The van der Waals surface area contributed by atoms with Gasteiger partial charge in [-0.15, -0.1) is 0 Å². The van der Waals surface area contributed by atoms with Gasteiger partial charge in [0.25, 0.3) is 0 Å². The van der Waals surface area contributed by atoms with Crippen molar-refractivity contribution in [1.29, 1.82) is 0 Å². The Hall–Kier alpha value is -2.18. The van der Waals surface area contributed by atoms with E-state index in [4.69, 9.17) is 5.73 Å². The first-order valence-corrected chi connectivity index (χ1v) is 8.25. The molecule has 3 N–H and O–H groups in total. The summed E-state index contributed by atoms with van der Waals surface area (Å²) in [7, 11) is 0. The van der Waals surface area contributed by atoms with Gasteiger partial charge < -0.3 is 16.0 Å². The minimum atomic E-state index is -0.499. The van der Waals surface area contributed by atoms with Crippen molar-refractivity contribution in [3.63, 3.8) is 0 Å². The number of hydrogen-bond acceptors (Lipinski definition) is 4. The van der Waals surface area contributed by atoms with Gasteiger partial charge in [-0.1, -0.05) is 0 Å². The second-order valence-corrected chi connectivity index (χ2v) is 6.27. The van der Waals surface area contributed by atoms with Gasteiger partial charge in [0.05, 0.1) is 6.54 Å². The summed E-state index contributed by atoms with van der Waals surface area (Å²) < 4.78 is 0. The molecular formula is C16H23N5O2. The van der Waals surface area contributed by atoms with Gasteiger partial charge in [-0.05, 0) is 51.0 Å². The van der Waals surface area contributed by atoms with Gasteiger partial charge in [0.15, 0.2) is 0 Å². The lowest BCUT2D eigenvalue weighted by Crippen LogP contribution is -2.48. The minimum Gasteiger partial charge on any atom is -0.368 e. The Kier molecular flexibility index (Phi) is 4.45. The maximum absolute atomic E-state index is 12.3. The first-order valence-electron chi connectivity index (χ1n) is 8.25. The van der Waals surface area contributed by atoms with E-state index in [9.17, 15) is 9.59 Å². The van der Waals surface area contributed by atoms with Gasteiger partial charge in [-0.3, -0.25) is 4.79 Å². The Morgan fingerprint density at radius 2 is 2.04 bits per heavy atom. The number of primary amides is 1. The van der Waals surface area contributed by atoms with Crippen LogP contribution in [0.15, 0.2) is 0 Å². The van der Waals surface area contributed by atoms with Crippen LogP contribution in [0.2, 0.25) is 0 Å². The predicted octanol–water partition coefficient (Wildman–Crippen LogP) is 0.823. The van der Waals surface area contributed by atoms with E-state index in [1.165, 1.54) is 16.9 Å². The molecule has 0 bridgehead atoms. The van der Waals surface area contributed by atoms with Crippen LogP contribution in [-0.2, 0) is 24.2 Å². The number of nitrogens with zero attached hydrogens (tertiary/aromatic N) is 3. The van der Waals surface area contributed by atoms with Crippen LogP contribution in [0.4, 0.5) is 4.79 Å². The van der Waals surface area contributed by atoms with Gasteiger partial charge >= 0.3 is 6.03 Å². The second kappa shape index (κ2) is 6.52. The molecule has 3 amide bonds. The molecule has 0 radical (unpaired) electrons. The first kappa shape index (κ1) is 15.7. The lowest BCUT2D eigenvalue weighted by Gasteiger charge is -2.22. The monoisotopic (exact) mass is 317 g/mol. The van der Waals surface area contributed by atoms with Gasteiger partial charge in [0.1, 0.15) is 11.9 Å². The molecule has 1 aliphatic heterocycles. The SMILES string of the molecule is Cc1nc(CNC(=O)N2CCCC2C(N)=O)nc2c1CCCC2. The van der Waals surface area contributed by atoms with Crippen molar-refractivity contribution in [2.75, 3.05) is 6.54 Å². The topological polar surface area (TPSA) is 101 Å². The van der Waals surface area contributed by atoms with E-state index in [0.29, 0.717) is 18.8 Å². The summed E-state index contributed by atoms with van der Waals surface area (Å²) in [6.45, 7) is 2.83. The molecule has 23 heavy (non-hydrogen) atoms. The standard InChI is InChI=1S/C16H23N5O2/c1-10-11-5-2-3-6-12(11)20-14(19-10)9-18-16(23)21-8-4-7-13(21)15(17)22/h13H,2-9H2,1H3,(H2,17,22)(H,18,23). The number of rotatable bonds is 3. The van der Waals surface area contributed by atoms with Crippen molar-refractivity contribution in [1.82, 2.24) is 20.2 Å². The van der Waals surface area contributed by atoms with Crippen LogP contribution in [0.25, 0.3) is 0 Å². The molecule has 1 aromatic heterocycles. The van der Waals surface area contributed by atoms with Crippen molar-refractivity contribution in [2.45, 2.75) is 58.0 Å². The summed E-state index contributed by atoms with van der Waals surface area (Å²) >= 11 is 0. The number of urea groups is 1. The number of nitrogens with two attached hydrogens (primary N) is 1. The maximum atomic E-state index is 12.3. The van der Waals surface area contributed by atoms with E-state index in [2.05, 4.69) is 15.3 Å². The summed E-state index contributed by atoms with van der Waals surface area (Å²) in [6, 6.07) is -0.772. The number of fused-ring (bicyclic) bond motifs is 1. The molecule has 1 aromatic rings. The Bertz CT molecular complexity index is 631. The van der Waals surface area contributed by atoms with Crippen LogP contribution in [0, 0.1) is 6.92 Å². The molecule has 2 aliphatic rings. The van der Waals surface area contributed by atoms with Crippen LogP contribution in [0.5, 0.6) is 0 Å². The number of hydrogen-bond donors (Lipinski definition) is 2. The number of aryl methyl sites for hydroxylation is 2. The Morgan fingerprint density at radius 1 is 1.26 bits per heavy atom. The molecule has 1 atom stereocenters. The number of carbonyl (C=O) groups excluding carboxylic acids is 2. The van der Waals surface area contributed by atoms with Crippen LogP contribution in [0.3, 0.4) is 0 Å². The molecule has 0 saturated carbocycles. The molecule has 7 heteroatoms. The van der Waals surface area contributed by atoms with Crippen molar-refractivity contribution >= 4 is 11.9 Å². The molecule has 1 aliphatic carbocycles. The van der Waals surface area contributed by atoms with Crippen LogP contribution in [-0.4, -0.2) is 39.4 Å². The van der Waals surface area contributed by atoms with E-state index in [1.54, 1.807) is 0 Å². The fourth-order valence-corrected chi connectivity index (χ4v) is 3.49. The largest absolute Gasteiger partial charge is 0.368 e. The zero-order chi connectivity index (χ0) is 16.4. The number of amides is 3. The van der Waals surface area contributed by atoms with Crippen LogP contribution in [0.1, 0.15) is 48.5 Å². The molecule has 3 rings (SSSR count). The average Bonchev–Trinajstić information content (AvgIpc) is 3.02. The highest BCUT2D eigenvalue weighted by Gasteiger charge is 2.32. The molecule has 1 saturated heterocycles. The van der Waals surface area contributed by atoms with E-state index in [0.717, 1.165) is 37.1 Å². The van der Waals surface area contributed by atoms with Gasteiger partial charge in [0.2, 0.25) is 5.91 Å². The van der Waals surface area contributed by atoms with E-state index in [1.807, 2.05) is 6.92 Å². The zero-order valence-corrected chi connectivity index (χ0v) is 13.5. The molecular weight excluding hydrogens is 294 g/mol. The van der Waals surface area contributed by atoms with E-state index in [-0.39, 0.29) is 12.6 Å². The van der Waals surface area contributed by atoms with Crippen molar-refractivity contribution in [3.05, 3.63) is 22.8 Å². The van der Waals surface area contributed by atoms with Gasteiger partial charge in [-0.2, -0.15) is 0 Å². The Balaban J connectivity index is 1.65. The third kappa shape index (κ3) is 3.28. The predicted molar refractivity (Wildman–Crippen MR) is 84.6 cm³/mol. The number of carbonyl (C=O) groups is 2. The molecule has 2 heterocycles. The van der Waals surface area contributed by atoms with Gasteiger partial charge in [0, 0.05) is 17.9 Å². The van der Waals surface area contributed by atoms with Crippen molar-refractivity contribution < 1.29 is 9.59 Å². The Labute approximate surface area is 135 Å². The average molecular weight is 317 g/mol. The summed E-state index contributed by atoms with van der Waals surface area (Å²) in [5.41, 5.74) is 8.73. The highest BCUT2D eigenvalue weighted by Crippen LogP contribution is 2.21. The normalized spacial score (nSPS) is 20.2.